The fraction of sp³-hybridized carbons (Fsp3) is 0.524. The van der Waals surface area contributed by atoms with E-state index in [-0.39, 0.29) is 25.8 Å². The molecule has 3 rings (SSSR count). The van der Waals surface area contributed by atoms with Gasteiger partial charge in [0.1, 0.15) is 18.1 Å². The van der Waals surface area contributed by atoms with E-state index in [1.807, 2.05) is 0 Å². The minimum Gasteiger partial charge on any atom is -0.480 e. The lowest BCUT2D eigenvalue weighted by atomic mass is 10.1. The van der Waals surface area contributed by atoms with Gasteiger partial charge in [0.15, 0.2) is 0 Å². The number of aromatic nitrogens is 4. The van der Waals surface area contributed by atoms with Crippen LogP contribution in [-0.2, 0) is 32.0 Å². The van der Waals surface area contributed by atoms with Crippen LogP contribution >= 0.6 is 0 Å². The normalized spacial score (nSPS) is 18.9. The number of carbonyl (C=O) groups is 4. The van der Waals surface area contributed by atoms with Crippen LogP contribution in [0.1, 0.15) is 31.2 Å². The number of H-pyrrole nitrogens is 2. The summed E-state index contributed by atoms with van der Waals surface area (Å²) in [6, 6.07) is -4.56. The van der Waals surface area contributed by atoms with E-state index in [0.29, 0.717) is 17.8 Å². The second-order valence-electron chi connectivity index (χ2n) is 8.48. The third-order valence-electron chi connectivity index (χ3n) is 5.81. The Hall–Kier alpha value is -3.78. The molecular weight excluding hydrogens is 460 g/mol. The molecule has 0 spiro atoms. The Morgan fingerprint density at radius 3 is 2.29 bits per heavy atom. The molecule has 14 nitrogen and oxygen atoms in total. The molecule has 2 aromatic heterocycles. The largest absolute Gasteiger partial charge is 0.480 e. The van der Waals surface area contributed by atoms with Gasteiger partial charge in [0.25, 0.3) is 0 Å². The molecule has 0 aromatic carbocycles. The second kappa shape index (κ2) is 11.6. The topological polar surface area (TPSA) is 219 Å². The molecule has 0 radical (unpaired) electrons. The van der Waals surface area contributed by atoms with E-state index in [1.54, 1.807) is 0 Å². The average molecular weight is 491 g/mol. The fourth-order valence-electron chi connectivity index (χ4n) is 3.94. The number of aliphatic hydroxyl groups excluding tert-OH is 1. The molecule has 3 heterocycles. The summed E-state index contributed by atoms with van der Waals surface area (Å²) in [6.45, 7) is 1.52. The van der Waals surface area contributed by atoms with Gasteiger partial charge in [-0.3, -0.25) is 14.4 Å². The molecule has 5 unspecified atom stereocenters. The van der Waals surface area contributed by atoms with E-state index in [4.69, 9.17) is 5.73 Å². The van der Waals surface area contributed by atoms with Crippen LogP contribution in [0, 0.1) is 0 Å². The number of hydrogen-bond donors (Lipinski definition) is 7. The maximum Gasteiger partial charge on any atom is 0.326 e. The van der Waals surface area contributed by atoms with Crippen LogP contribution in [0.5, 0.6) is 0 Å². The van der Waals surface area contributed by atoms with Crippen LogP contribution in [0.25, 0.3) is 0 Å². The van der Waals surface area contributed by atoms with Crippen LogP contribution in [0.2, 0.25) is 0 Å². The summed E-state index contributed by atoms with van der Waals surface area (Å²) >= 11 is 0. The summed E-state index contributed by atoms with van der Waals surface area (Å²) < 4.78 is 0. The molecule has 1 aliphatic heterocycles. The highest BCUT2D eigenvalue weighted by Gasteiger charge is 2.40. The van der Waals surface area contributed by atoms with Gasteiger partial charge in [-0.2, -0.15) is 0 Å². The van der Waals surface area contributed by atoms with Crippen LogP contribution < -0.4 is 16.4 Å². The molecule has 1 saturated heterocycles. The van der Waals surface area contributed by atoms with Gasteiger partial charge in [-0.1, -0.05) is 0 Å². The first-order valence-corrected chi connectivity index (χ1v) is 11.2. The third-order valence-corrected chi connectivity index (χ3v) is 5.81. The Morgan fingerprint density at radius 2 is 1.74 bits per heavy atom. The summed E-state index contributed by atoms with van der Waals surface area (Å²) in [5.41, 5.74) is 7.17. The van der Waals surface area contributed by atoms with Gasteiger partial charge in [0.05, 0.1) is 24.8 Å². The summed E-state index contributed by atoms with van der Waals surface area (Å²) in [5.74, 6) is -3.21. The summed E-state index contributed by atoms with van der Waals surface area (Å²) in [6.07, 6.45) is 5.52. The first-order chi connectivity index (χ1) is 16.7. The van der Waals surface area contributed by atoms with Crippen LogP contribution in [0.3, 0.4) is 0 Å². The molecule has 8 N–H and O–H groups in total. The van der Waals surface area contributed by atoms with Gasteiger partial charge in [-0.15, -0.1) is 0 Å². The van der Waals surface area contributed by atoms with Gasteiger partial charge >= 0.3 is 5.97 Å². The fourth-order valence-corrected chi connectivity index (χ4v) is 3.94. The average Bonchev–Trinajstić information content (AvgIpc) is 3.58. The number of nitrogens with two attached hydrogens (primary N) is 1. The molecule has 3 amide bonds. The highest BCUT2D eigenvalue weighted by atomic mass is 16.4. The minimum atomic E-state index is -1.40. The number of carboxylic acid groups (broad SMARTS) is 1. The molecule has 14 heteroatoms. The minimum absolute atomic E-state index is 0.0105. The second-order valence-corrected chi connectivity index (χ2v) is 8.48. The predicted octanol–water partition coefficient (Wildman–Crippen LogP) is -2.33. The van der Waals surface area contributed by atoms with Gasteiger partial charge in [0.2, 0.25) is 17.7 Å². The number of aromatic amines is 2. The lowest BCUT2D eigenvalue weighted by Crippen LogP contribution is -2.60. The highest BCUT2D eigenvalue weighted by Crippen LogP contribution is 2.19. The Morgan fingerprint density at radius 1 is 1.11 bits per heavy atom. The predicted molar refractivity (Wildman–Crippen MR) is 120 cm³/mol. The van der Waals surface area contributed by atoms with Crippen molar-refractivity contribution in [3.63, 3.8) is 0 Å². The van der Waals surface area contributed by atoms with Gasteiger partial charge in [-0.05, 0) is 19.8 Å². The Bertz CT molecular complexity index is 1010. The number of imidazole rings is 2. The molecule has 1 fully saturated rings. The SMILES string of the molecule is CC(O)C(NC(=O)C(Cc1cnc[nH]1)NC(=O)C(N)Cc1cnc[nH]1)C(=O)N1CCCC1C(=O)O. The van der Waals surface area contributed by atoms with Gasteiger partial charge < -0.3 is 41.4 Å². The van der Waals surface area contributed by atoms with E-state index in [0.717, 1.165) is 4.90 Å². The van der Waals surface area contributed by atoms with Crippen molar-refractivity contribution < 1.29 is 29.4 Å². The molecule has 190 valence electrons. The molecule has 5 atom stereocenters. The summed E-state index contributed by atoms with van der Waals surface area (Å²) in [5, 5.41) is 24.7. The Labute approximate surface area is 200 Å². The number of hydrogen-bond acceptors (Lipinski definition) is 8. The van der Waals surface area contributed by atoms with Crippen molar-refractivity contribution in [3.05, 3.63) is 36.4 Å². The zero-order valence-electron chi connectivity index (χ0n) is 19.2. The number of likely N-dealkylation sites (tertiary alicyclic amines) is 1. The van der Waals surface area contributed by atoms with Gasteiger partial charge in [0, 0.05) is 43.2 Å². The van der Waals surface area contributed by atoms with E-state index in [9.17, 15) is 29.4 Å². The summed E-state index contributed by atoms with van der Waals surface area (Å²) in [7, 11) is 0. The molecular formula is C21H30N8O6. The third kappa shape index (κ3) is 6.64. The zero-order valence-corrected chi connectivity index (χ0v) is 19.2. The first kappa shape index (κ1) is 25.8. The smallest absolute Gasteiger partial charge is 0.326 e. The van der Waals surface area contributed by atoms with Crippen molar-refractivity contribution in [2.24, 2.45) is 5.73 Å². The van der Waals surface area contributed by atoms with Crippen molar-refractivity contribution in [2.45, 2.75) is 62.9 Å². The number of nitrogens with zero attached hydrogens (tertiary/aromatic N) is 3. The maximum atomic E-state index is 13.2. The van der Waals surface area contributed by atoms with E-state index in [2.05, 4.69) is 30.6 Å². The molecule has 35 heavy (non-hydrogen) atoms. The van der Waals surface area contributed by atoms with E-state index in [1.165, 1.54) is 32.0 Å². The summed E-state index contributed by atoms with van der Waals surface area (Å²) in [4.78, 5) is 65.1. The maximum absolute atomic E-state index is 13.2. The Balaban J connectivity index is 1.73. The molecule has 0 aliphatic carbocycles. The van der Waals surface area contributed by atoms with Gasteiger partial charge in [-0.25, -0.2) is 14.8 Å². The van der Waals surface area contributed by atoms with Crippen LogP contribution in [0.15, 0.2) is 25.0 Å². The number of carbonyl (C=O) groups excluding carboxylic acids is 3. The number of nitrogens with one attached hydrogen (secondary N) is 4. The number of rotatable bonds is 11. The number of carboxylic acids is 1. The monoisotopic (exact) mass is 490 g/mol. The lowest BCUT2D eigenvalue weighted by Gasteiger charge is -2.30. The number of aliphatic hydroxyl groups is 1. The Kier molecular flexibility index (Phi) is 8.54. The molecule has 0 bridgehead atoms. The van der Waals surface area contributed by atoms with E-state index < -0.39 is 54.0 Å². The quantitative estimate of drug-likeness (QED) is 0.179. The first-order valence-electron chi connectivity index (χ1n) is 11.2. The van der Waals surface area contributed by atoms with Crippen LogP contribution in [0.4, 0.5) is 0 Å². The van der Waals surface area contributed by atoms with Crippen molar-refractivity contribution in [3.8, 4) is 0 Å². The van der Waals surface area contributed by atoms with Crippen molar-refractivity contribution in [1.82, 2.24) is 35.5 Å². The molecule has 1 aliphatic rings. The number of aliphatic carboxylic acids is 1. The van der Waals surface area contributed by atoms with Crippen molar-refractivity contribution in [1.29, 1.82) is 0 Å². The van der Waals surface area contributed by atoms with Crippen molar-refractivity contribution in [2.75, 3.05) is 6.54 Å². The van der Waals surface area contributed by atoms with Crippen LogP contribution in [-0.4, -0.2) is 95.6 Å². The zero-order chi connectivity index (χ0) is 25.5. The van der Waals surface area contributed by atoms with E-state index >= 15 is 0 Å². The lowest BCUT2D eigenvalue weighted by molar-refractivity contribution is -0.150. The molecule has 2 aromatic rings. The highest BCUT2D eigenvalue weighted by molar-refractivity contribution is 5.94. The van der Waals surface area contributed by atoms with Crippen molar-refractivity contribution >= 4 is 23.7 Å². The standard InChI is InChI=1S/C21H30N8O6/c1-11(30)17(20(33)29-4-2-3-16(29)21(34)35)28-19(32)15(6-13-8-24-10-26-13)27-18(31)14(22)5-12-7-23-9-25-12/h7-11,14-17,30H,2-6,22H2,1H3,(H,23,25)(H,24,26)(H,27,31)(H,28,32)(H,34,35). The number of amides is 3. The molecule has 0 saturated carbocycles.